The molecule has 0 saturated carbocycles. The van der Waals surface area contributed by atoms with Crippen LogP contribution in [0.15, 0.2) is 12.1 Å². The molecule has 0 spiro atoms. The number of ketones is 2. The summed E-state index contributed by atoms with van der Waals surface area (Å²) in [6.45, 7) is 5.20. The lowest BCUT2D eigenvalue weighted by atomic mass is 9.81. The van der Waals surface area contributed by atoms with E-state index in [0.29, 0.717) is 48.9 Å². The van der Waals surface area contributed by atoms with Gasteiger partial charge in [-0.1, -0.05) is 18.5 Å². The smallest absolute Gasteiger partial charge is 0.239 e. The van der Waals surface area contributed by atoms with Crippen LogP contribution in [0.25, 0.3) is 0 Å². The Hall–Kier alpha value is -1.72. The molecule has 2 N–H and O–H groups in total. The summed E-state index contributed by atoms with van der Waals surface area (Å²) in [7, 11) is 0. The Balaban J connectivity index is 1.60. The summed E-state index contributed by atoms with van der Waals surface area (Å²) in [4.78, 5) is 38.3. The van der Waals surface area contributed by atoms with E-state index < -0.39 is 6.04 Å². The fourth-order valence-corrected chi connectivity index (χ4v) is 4.53. The van der Waals surface area contributed by atoms with Crippen molar-refractivity contribution in [2.24, 2.45) is 17.6 Å². The molecule has 5 nitrogen and oxygen atoms in total. The van der Waals surface area contributed by atoms with Crippen molar-refractivity contribution in [3.05, 3.63) is 33.8 Å². The monoisotopic (exact) mass is 390 g/mol. The predicted octanol–water partition coefficient (Wildman–Crippen LogP) is 2.80. The quantitative estimate of drug-likeness (QED) is 0.784. The number of hydrogen-bond donors (Lipinski definition) is 1. The highest BCUT2D eigenvalue weighted by Crippen LogP contribution is 2.32. The average molecular weight is 391 g/mol. The van der Waals surface area contributed by atoms with Gasteiger partial charge in [0, 0.05) is 37.9 Å². The topological polar surface area (TPSA) is 80.5 Å². The number of fused-ring (bicyclic) bond motifs is 1. The molecule has 1 aromatic carbocycles. The fraction of sp³-hybridized carbons (Fsp3) is 0.571. The van der Waals surface area contributed by atoms with Crippen molar-refractivity contribution in [1.29, 1.82) is 0 Å². The number of amides is 1. The summed E-state index contributed by atoms with van der Waals surface area (Å²) >= 11 is 6.32. The van der Waals surface area contributed by atoms with Crippen LogP contribution in [0.5, 0.6) is 0 Å². The minimum absolute atomic E-state index is 0.00310. The van der Waals surface area contributed by atoms with Gasteiger partial charge in [-0.25, -0.2) is 0 Å². The maximum absolute atomic E-state index is 12.8. The van der Waals surface area contributed by atoms with Crippen LogP contribution in [0.1, 0.15) is 54.6 Å². The number of nitrogens with zero attached hydrogens (tertiary/aromatic N) is 1. The van der Waals surface area contributed by atoms with E-state index >= 15 is 0 Å². The van der Waals surface area contributed by atoms with Gasteiger partial charge in [-0.2, -0.15) is 0 Å². The molecular formula is C21H27ClN2O3. The second-order valence-corrected chi connectivity index (χ2v) is 8.46. The number of rotatable bonds is 5. The van der Waals surface area contributed by atoms with Crippen molar-refractivity contribution in [3.63, 3.8) is 0 Å². The van der Waals surface area contributed by atoms with Gasteiger partial charge in [-0.15, -0.1) is 0 Å². The zero-order valence-corrected chi connectivity index (χ0v) is 16.7. The molecule has 146 valence electrons. The van der Waals surface area contributed by atoms with Crippen LogP contribution < -0.4 is 5.73 Å². The summed E-state index contributed by atoms with van der Waals surface area (Å²) in [5, 5.41) is 0.443. The lowest BCUT2D eigenvalue weighted by Gasteiger charge is -2.35. The first-order chi connectivity index (χ1) is 12.8. The standard InChI is InChI=1S/C21H27ClN2O3/c1-12(14-3-5-24(6-4-14)21(27)13(2)23)7-20(26)18-10-15-8-17(25)9-16(15)11-19(18)22/h10-14H,3-9,23H2,1-2H3/t12?,13-/m0/s1. The number of benzene rings is 1. The number of halogens is 1. The number of piperidine rings is 1. The maximum Gasteiger partial charge on any atom is 0.239 e. The van der Waals surface area contributed by atoms with Crippen LogP contribution in [-0.4, -0.2) is 41.5 Å². The molecule has 1 saturated heterocycles. The minimum Gasteiger partial charge on any atom is -0.341 e. The van der Waals surface area contributed by atoms with Crippen molar-refractivity contribution in [1.82, 2.24) is 4.90 Å². The van der Waals surface area contributed by atoms with Crippen molar-refractivity contribution in [2.45, 2.75) is 52.0 Å². The van der Waals surface area contributed by atoms with Gasteiger partial charge in [0.15, 0.2) is 5.78 Å². The normalized spacial score (nSPS) is 19.7. The third kappa shape index (κ3) is 4.41. The Morgan fingerprint density at radius 3 is 2.37 bits per heavy atom. The van der Waals surface area contributed by atoms with Crippen LogP contribution in [0.3, 0.4) is 0 Å². The van der Waals surface area contributed by atoms with E-state index in [1.165, 1.54) is 0 Å². The number of Topliss-reactive ketones (excluding diaryl/α,β-unsaturated/α-hetero) is 2. The van der Waals surface area contributed by atoms with Gasteiger partial charge < -0.3 is 10.6 Å². The van der Waals surface area contributed by atoms with Gasteiger partial charge in [0.05, 0.1) is 11.1 Å². The number of carbonyl (C=O) groups excluding carboxylic acids is 3. The predicted molar refractivity (Wildman–Crippen MR) is 105 cm³/mol. The highest BCUT2D eigenvalue weighted by atomic mass is 35.5. The summed E-state index contributed by atoms with van der Waals surface area (Å²) in [5.74, 6) is 0.824. The highest BCUT2D eigenvalue weighted by Gasteiger charge is 2.29. The van der Waals surface area contributed by atoms with Gasteiger partial charge in [0.1, 0.15) is 5.78 Å². The Kier molecular flexibility index (Phi) is 6.02. The third-order valence-electron chi connectivity index (χ3n) is 5.92. The van der Waals surface area contributed by atoms with E-state index in [2.05, 4.69) is 6.92 Å². The average Bonchev–Trinajstić information content (AvgIpc) is 2.99. The summed E-state index contributed by atoms with van der Waals surface area (Å²) < 4.78 is 0. The Morgan fingerprint density at radius 2 is 1.78 bits per heavy atom. The second-order valence-electron chi connectivity index (χ2n) is 8.05. The zero-order chi connectivity index (χ0) is 19.7. The van der Waals surface area contributed by atoms with Gasteiger partial charge in [-0.05, 0) is 54.9 Å². The third-order valence-corrected chi connectivity index (χ3v) is 6.23. The summed E-state index contributed by atoms with van der Waals surface area (Å²) in [6, 6.07) is 3.12. The van der Waals surface area contributed by atoms with Crippen molar-refractivity contribution in [2.75, 3.05) is 13.1 Å². The van der Waals surface area contributed by atoms with Gasteiger partial charge in [0.2, 0.25) is 5.91 Å². The van der Waals surface area contributed by atoms with Crippen LogP contribution in [-0.2, 0) is 22.4 Å². The van der Waals surface area contributed by atoms with Gasteiger partial charge >= 0.3 is 0 Å². The molecule has 2 aliphatic rings. The molecule has 3 rings (SSSR count). The molecule has 1 aromatic rings. The van der Waals surface area contributed by atoms with Crippen molar-refractivity contribution in [3.8, 4) is 0 Å². The molecule has 1 unspecified atom stereocenters. The first-order valence-electron chi connectivity index (χ1n) is 9.66. The molecule has 0 bridgehead atoms. The summed E-state index contributed by atoms with van der Waals surface area (Å²) in [5.41, 5.74) is 8.09. The first-order valence-corrected chi connectivity index (χ1v) is 10.0. The second kappa shape index (κ2) is 8.11. The zero-order valence-electron chi connectivity index (χ0n) is 16.0. The molecule has 6 heteroatoms. The van der Waals surface area contributed by atoms with Crippen LogP contribution in [0, 0.1) is 11.8 Å². The van der Waals surface area contributed by atoms with Crippen LogP contribution >= 0.6 is 11.6 Å². The summed E-state index contributed by atoms with van der Waals surface area (Å²) in [6.07, 6.45) is 3.02. The van der Waals surface area contributed by atoms with Gasteiger partial charge in [0.25, 0.3) is 0 Å². The van der Waals surface area contributed by atoms with E-state index in [0.717, 1.165) is 24.0 Å². The molecule has 2 atom stereocenters. The Labute approximate surface area is 165 Å². The molecule has 0 radical (unpaired) electrons. The molecule has 1 heterocycles. The molecule has 0 aromatic heterocycles. The number of carbonyl (C=O) groups is 3. The molecule has 1 fully saturated rings. The SMILES string of the molecule is CC(CC(=O)c1cc2c(cc1Cl)CC(=O)C2)C1CCN(C(=O)[C@H](C)N)CC1. The maximum atomic E-state index is 12.8. The van der Waals surface area contributed by atoms with Crippen molar-refractivity contribution >= 4 is 29.1 Å². The minimum atomic E-state index is -0.464. The van der Waals surface area contributed by atoms with E-state index in [9.17, 15) is 14.4 Å². The lowest BCUT2D eigenvalue weighted by molar-refractivity contribution is -0.133. The van der Waals surface area contributed by atoms with Crippen LogP contribution in [0.4, 0.5) is 0 Å². The molecule has 1 aliphatic heterocycles. The van der Waals surface area contributed by atoms with E-state index in [-0.39, 0.29) is 23.4 Å². The Bertz CT molecular complexity index is 767. The van der Waals surface area contributed by atoms with Crippen molar-refractivity contribution < 1.29 is 14.4 Å². The lowest BCUT2D eigenvalue weighted by Crippen LogP contribution is -2.46. The number of nitrogens with two attached hydrogens (primary N) is 1. The highest BCUT2D eigenvalue weighted by molar-refractivity contribution is 6.34. The molecule has 1 amide bonds. The number of likely N-dealkylation sites (tertiary alicyclic amines) is 1. The van der Waals surface area contributed by atoms with Gasteiger partial charge in [-0.3, -0.25) is 14.4 Å². The van der Waals surface area contributed by atoms with E-state index in [4.69, 9.17) is 17.3 Å². The molecule has 27 heavy (non-hydrogen) atoms. The molecule has 1 aliphatic carbocycles. The van der Waals surface area contributed by atoms with Crippen LogP contribution in [0.2, 0.25) is 5.02 Å². The number of hydrogen-bond acceptors (Lipinski definition) is 4. The van der Waals surface area contributed by atoms with E-state index in [1.54, 1.807) is 13.0 Å². The molecular weight excluding hydrogens is 364 g/mol. The first kappa shape index (κ1) is 20.0. The van der Waals surface area contributed by atoms with E-state index in [1.807, 2.05) is 11.0 Å². The fourth-order valence-electron chi connectivity index (χ4n) is 4.24. The Morgan fingerprint density at radius 1 is 1.19 bits per heavy atom. The largest absolute Gasteiger partial charge is 0.341 e.